The lowest BCUT2D eigenvalue weighted by Crippen LogP contribution is -2.23. The maximum absolute atomic E-state index is 13.4. The Morgan fingerprint density at radius 2 is 1.34 bits per heavy atom. The van der Waals surface area contributed by atoms with Crippen LogP contribution in [0, 0.1) is 11.3 Å². The number of methoxy groups -OCH3 is 1. The summed E-state index contributed by atoms with van der Waals surface area (Å²) in [5, 5.41) is 0. The molecule has 0 unspecified atom stereocenters. The Morgan fingerprint density at radius 1 is 0.793 bits per heavy atom. The van der Waals surface area contributed by atoms with Crippen molar-refractivity contribution in [1.29, 1.82) is 0 Å². The van der Waals surface area contributed by atoms with Gasteiger partial charge < -0.3 is 4.74 Å². The van der Waals surface area contributed by atoms with Gasteiger partial charge in [-0.15, -0.1) is 0 Å². The number of rotatable bonds is 4. The number of Topliss-reactive ketones (excluding diaryl/α,β-unsaturated/α-hetero) is 3. The Labute approximate surface area is 168 Å². The second-order valence-electron chi connectivity index (χ2n) is 7.53. The largest absolute Gasteiger partial charge is 0.497 e. The second kappa shape index (κ2) is 6.24. The van der Waals surface area contributed by atoms with Crippen LogP contribution in [0.1, 0.15) is 42.6 Å². The standard InChI is InChI=1S/C25H18O4/c1-29-17-13-11-15(12-14-17)20-21(22(26)16-7-3-2-4-8-16)25(20)23(27)18-9-5-6-10-19(18)24(25)28/h2-14,20-21H,1H3/t20-,21+/m0/s1. The summed E-state index contributed by atoms with van der Waals surface area (Å²) in [7, 11) is 1.58. The van der Waals surface area contributed by atoms with E-state index in [0.717, 1.165) is 5.56 Å². The zero-order valence-electron chi connectivity index (χ0n) is 15.8. The van der Waals surface area contributed by atoms with Crippen LogP contribution >= 0.6 is 0 Å². The highest BCUT2D eigenvalue weighted by molar-refractivity contribution is 6.35. The molecular weight excluding hydrogens is 364 g/mol. The molecule has 29 heavy (non-hydrogen) atoms. The minimum atomic E-state index is -1.34. The zero-order valence-corrected chi connectivity index (χ0v) is 15.8. The number of ketones is 3. The summed E-state index contributed by atoms with van der Waals surface area (Å²) in [5.74, 6) is -1.15. The molecule has 0 bridgehead atoms. The van der Waals surface area contributed by atoms with E-state index in [1.165, 1.54) is 0 Å². The molecule has 4 nitrogen and oxygen atoms in total. The summed E-state index contributed by atoms with van der Waals surface area (Å²) in [6, 6.07) is 23.0. The Kier molecular flexibility index (Phi) is 3.78. The van der Waals surface area contributed by atoms with E-state index in [2.05, 4.69) is 0 Å². The molecule has 3 aromatic rings. The molecule has 2 aliphatic carbocycles. The van der Waals surface area contributed by atoms with Crippen LogP contribution in [0.25, 0.3) is 0 Å². The van der Waals surface area contributed by atoms with Gasteiger partial charge in [-0.2, -0.15) is 0 Å². The molecule has 3 aromatic carbocycles. The van der Waals surface area contributed by atoms with Gasteiger partial charge in [-0.3, -0.25) is 14.4 Å². The van der Waals surface area contributed by atoms with Gasteiger partial charge in [0.25, 0.3) is 0 Å². The van der Waals surface area contributed by atoms with Gasteiger partial charge in [0, 0.05) is 22.6 Å². The van der Waals surface area contributed by atoms with Crippen LogP contribution in [-0.2, 0) is 0 Å². The van der Waals surface area contributed by atoms with Crippen molar-refractivity contribution in [3.63, 3.8) is 0 Å². The van der Waals surface area contributed by atoms with E-state index in [4.69, 9.17) is 4.74 Å². The Balaban J connectivity index is 1.65. The molecule has 142 valence electrons. The van der Waals surface area contributed by atoms with E-state index in [0.29, 0.717) is 22.4 Å². The molecule has 0 amide bonds. The van der Waals surface area contributed by atoms with E-state index in [-0.39, 0.29) is 17.3 Å². The lowest BCUT2D eigenvalue weighted by atomic mass is 9.91. The summed E-state index contributed by atoms with van der Waals surface area (Å²) >= 11 is 0. The molecule has 0 aromatic heterocycles. The minimum Gasteiger partial charge on any atom is -0.497 e. The molecule has 2 atom stereocenters. The van der Waals surface area contributed by atoms with Crippen molar-refractivity contribution in [1.82, 2.24) is 0 Å². The normalized spacial score (nSPS) is 21.1. The maximum Gasteiger partial charge on any atom is 0.178 e. The first-order valence-electron chi connectivity index (χ1n) is 9.52. The van der Waals surface area contributed by atoms with Gasteiger partial charge in [-0.05, 0) is 17.7 Å². The van der Waals surface area contributed by atoms with Gasteiger partial charge in [0.05, 0.1) is 13.0 Å². The fourth-order valence-corrected chi connectivity index (χ4v) is 4.79. The molecule has 4 heteroatoms. The maximum atomic E-state index is 13.4. The lowest BCUT2D eigenvalue weighted by Gasteiger charge is -2.07. The summed E-state index contributed by atoms with van der Waals surface area (Å²) in [6.45, 7) is 0. The second-order valence-corrected chi connectivity index (χ2v) is 7.53. The van der Waals surface area contributed by atoms with E-state index in [1.54, 1.807) is 67.8 Å². The van der Waals surface area contributed by atoms with Crippen molar-refractivity contribution in [2.45, 2.75) is 5.92 Å². The molecule has 0 aliphatic heterocycles. The third kappa shape index (κ3) is 2.29. The number of hydrogen-bond acceptors (Lipinski definition) is 4. The molecule has 0 heterocycles. The van der Waals surface area contributed by atoms with E-state index >= 15 is 0 Å². The highest BCUT2D eigenvalue weighted by Crippen LogP contribution is 2.70. The fraction of sp³-hybridized carbons (Fsp3) is 0.160. The van der Waals surface area contributed by atoms with E-state index < -0.39 is 17.3 Å². The van der Waals surface area contributed by atoms with Crippen molar-refractivity contribution in [2.75, 3.05) is 7.11 Å². The van der Waals surface area contributed by atoms with Crippen molar-refractivity contribution in [3.8, 4) is 5.75 Å². The van der Waals surface area contributed by atoms with Crippen LogP contribution in [0.15, 0.2) is 78.9 Å². The molecule has 5 rings (SSSR count). The van der Waals surface area contributed by atoms with Gasteiger partial charge >= 0.3 is 0 Å². The average molecular weight is 382 g/mol. The quantitative estimate of drug-likeness (QED) is 0.497. The van der Waals surface area contributed by atoms with Gasteiger partial charge in [0.1, 0.15) is 11.2 Å². The van der Waals surface area contributed by atoms with Gasteiger partial charge in [0.2, 0.25) is 0 Å². The van der Waals surface area contributed by atoms with Crippen molar-refractivity contribution >= 4 is 17.3 Å². The van der Waals surface area contributed by atoms with Crippen LogP contribution < -0.4 is 4.74 Å². The third-order valence-corrected chi connectivity index (χ3v) is 6.19. The summed E-state index contributed by atoms with van der Waals surface area (Å²) in [6.07, 6.45) is 0. The fourth-order valence-electron chi connectivity index (χ4n) is 4.79. The first-order valence-corrected chi connectivity index (χ1v) is 9.52. The highest BCUT2D eigenvalue weighted by atomic mass is 16.5. The van der Waals surface area contributed by atoms with Crippen molar-refractivity contribution in [2.24, 2.45) is 11.3 Å². The molecular formula is C25H18O4. The van der Waals surface area contributed by atoms with Gasteiger partial charge in [0.15, 0.2) is 17.3 Å². The third-order valence-electron chi connectivity index (χ3n) is 6.19. The van der Waals surface area contributed by atoms with Gasteiger partial charge in [-0.1, -0.05) is 66.7 Å². The Morgan fingerprint density at radius 3 is 1.90 bits per heavy atom. The molecule has 0 N–H and O–H groups in total. The van der Waals surface area contributed by atoms with Crippen LogP contribution in [0.4, 0.5) is 0 Å². The van der Waals surface area contributed by atoms with E-state index in [9.17, 15) is 14.4 Å². The molecule has 0 saturated heterocycles. The first kappa shape index (κ1) is 17.6. The monoisotopic (exact) mass is 382 g/mol. The molecule has 1 spiro atoms. The van der Waals surface area contributed by atoms with Crippen molar-refractivity contribution < 1.29 is 19.1 Å². The van der Waals surface area contributed by atoms with E-state index in [1.807, 2.05) is 18.2 Å². The highest BCUT2D eigenvalue weighted by Gasteiger charge is 2.78. The lowest BCUT2D eigenvalue weighted by molar-refractivity contribution is 0.0764. The summed E-state index contributed by atoms with van der Waals surface area (Å²) < 4.78 is 5.22. The van der Waals surface area contributed by atoms with Crippen LogP contribution in [0.3, 0.4) is 0 Å². The van der Waals surface area contributed by atoms with Crippen molar-refractivity contribution in [3.05, 3.63) is 101 Å². The number of benzene rings is 3. The number of carbonyl (C=O) groups is 3. The molecule has 2 aliphatic rings. The number of fused-ring (bicyclic) bond motifs is 1. The predicted octanol–water partition coefficient (Wildman–Crippen LogP) is 4.36. The Hall–Kier alpha value is -3.53. The van der Waals surface area contributed by atoms with Crippen LogP contribution in [0.2, 0.25) is 0 Å². The number of hydrogen-bond donors (Lipinski definition) is 0. The minimum absolute atomic E-state index is 0.166. The molecule has 1 saturated carbocycles. The first-order chi connectivity index (χ1) is 14.1. The number of carbonyl (C=O) groups excluding carboxylic acids is 3. The Bertz CT molecular complexity index is 1110. The summed E-state index contributed by atoms with van der Waals surface area (Å²) in [5.41, 5.74) is 0.809. The molecule has 1 fully saturated rings. The topological polar surface area (TPSA) is 60.4 Å². The average Bonchev–Trinajstić information content (AvgIpc) is 3.43. The SMILES string of the molecule is COc1ccc([C@H]2[C@H](C(=O)c3ccccc3)C23C(=O)c2ccccc2C3=O)cc1. The molecule has 0 radical (unpaired) electrons. The van der Waals surface area contributed by atoms with Crippen LogP contribution in [-0.4, -0.2) is 24.5 Å². The van der Waals surface area contributed by atoms with Gasteiger partial charge in [-0.25, -0.2) is 0 Å². The smallest absolute Gasteiger partial charge is 0.178 e. The predicted molar refractivity (Wildman–Crippen MR) is 108 cm³/mol. The summed E-state index contributed by atoms with van der Waals surface area (Å²) in [4.78, 5) is 40.3. The number of ether oxygens (including phenoxy) is 1. The zero-order chi connectivity index (χ0) is 20.2. The van der Waals surface area contributed by atoms with Crippen LogP contribution in [0.5, 0.6) is 5.75 Å².